The van der Waals surface area contributed by atoms with Crippen molar-refractivity contribution in [2.24, 2.45) is 0 Å². The van der Waals surface area contributed by atoms with Crippen molar-refractivity contribution in [3.05, 3.63) is 105 Å². The summed E-state index contributed by atoms with van der Waals surface area (Å²) in [5.74, 6) is -0.839. The van der Waals surface area contributed by atoms with Crippen molar-refractivity contribution in [3.63, 3.8) is 0 Å². The summed E-state index contributed by atoms with van der Waals surface area (Å²) in [7, 11) is 0. The van der Waals surface area contributed by atoms with E-state index in [9.17, 15) is 9.59 Å². The Morgan fingerprint density at radius 2 is 1.62 bits per heavy atom. The van der Waals surface area contributed by atoms with Crippen molar-refractivity contribution in [2.45, 2.75) is 0 Å². The van der Waals surface area contributed by atoms with Crippen LogP contribution >= 0.6 is 27.3 Å². The standard InChI is InChI=1S/C24H15BrN4O2S/c25-20-12-10-18(11-13-20)22(30)28-29(23(31)19-4-2-1-3-5-19)24-27-21(15-32-24)17-8-6-16(14-26)7-9-17/h1-13,15H,(H,28,30). The van der Waals surface area contributed by atoms with Crippen LogP contribution in [-0.4, -0.2) is 16.8 Å². The molecule has 0 spiro atoms. The Hall–Kier alpha value is -3.80. The zero-order valence-electron chi connectivity index (χ0n) is 16.5. The van der Waals surface area contributed by atoms with Gasteiger partial charge < -0.3 is 0 Å². The number of nitrogens with zero attached hydrogens (tertiary/aromatic N) is 3. The van der Waals surface area contributed by atoms with Gasteiger partial charge in [-0.3, -0.25) is 15.0 Å². The highest BCUT2D eigenvalue weighted by molar-refractivity contribution is 9.10. The van der Waals surface area contributed by atoms with Gasteiger partial charge in [0, 0.05) is 26.5 Å². The minimum Gasteiger partial charge on any atom is -0.267 e. The molecule has 0 atom stereocenters. The summed E-state index contributed by atoms with van der Waals surface area (Å²) in [5, 5.41) is 12.3. The van der Waals surface area contributed by atoms with Crippen molar-refractivity contribution >= 4 is 44.2 Å². The van der Waals surface area contributed by atoms with Gasteiger partial charge >= 0.3 is 0 Å². The lowest BCUT2D eigenvalue weighted by Crippen LogP contribution is -2.46. The number of anilines is 1. The number of carbonyl (C=O) groups is 2. The molecule has 0 aliphatic carbocycles. The average molecular weight is 503 g/mol. The molecule has 0 saturated carbocycles. The second-order valence-electron chi connectivity index (χ2n) is 6.66. The number of benzene rings is 3. The lowest BCUT2D eigenvalue weighted by atomic mass is 10.1. The van der Waals surface area contributed by atoms with Crippen LogP contribution in [0.4, 0.5) is 5.13 Å². The summed E-state index contributed by atoms with van der Waals surface area (Å²) in [6.45, 7) is 0. The second-order valence-corrected chi connectivity index (χ2v) is 8.41. The van der Waals surface area contributed by atoms with E-state index >= 15 is 0 Å². The van der Waals surface area contributed by atoms with Gasteiger partial charge in [-0.2, -0.15) is 10.3 Å². The van der Waals surface area contributed by atoms with Gasteiger partial charge in [-0.25, -0.2) is 4.98 Å². The predicted octanol–water partition coefficient (Wildman–Crippen LogP) is 5.44. The lowest BCUT2D eigenvalue weighted by Gasteiger charge is -2.20. The van der Waals surface area contributed by atoms with Crippen molar-refractivity contribution in [3.8, 4) is 17.3 Å². The summed E-state index contributed by atoms with van der Waals surface area (Å²) < 4.78 is 0.846. The number of thiazole rings is 1. The van der Waals surface area contributed by atoms with Crippen LogP contribution < -0.4 is 10.4 Å². The molecule has 0 fully saturated rings. The molecule has 4 rings (SSSR count). The lowest BCUT2D eigenvalue weighted by molar-refractivity contribution is 0.0887. The molecule has 3 aromatic carbocycles. The third-order valence-electron chi connectivity index (χ3n) is 4.54. The number of hydrogen-bond acceptors (Lipinski definition) is 5. The van der Waals surface area contributed by atoms with Gasteiger partial charge in [0.1, 0.15) is 0 Å². The Balaban J connectivity index is 1.66. The van der Waals surface area contributed by atoms with Crippen LogP contribution in [0.25, 0.3) is 11.3 Å². The van der Waals surface area contributed by atoms with E-state index in [1.165, 1.54) is 11.3 Å². The van der Waals surface area contributed by atoms with Crippen LogP contribution in [-0.2, 0) is 0 Å². The van der Waals surface area contributed by atoms with E-state index in [0.29, 0.717) is 27.5 Å². The molecule has 6 nitrogen and oxygen atoms in total. The monoisotopic (exact) mass is 502 g/mol. The maximum Gasteiger partial charge on any atom is 0.279 e. The van der Waals surface area contributed by atoms with Crippen LogP contribution in [0.15, 0.2) is 88.7 Å². The highest BCUT2D eigenvalue weighted by Gasteiger charge is 2.24. The first-order chi connectivity index (χ1) is 15.5. The van der Waals surface area contributed by atoms with E-state index in [4.69, 9.17) is 5.26 Å². The summed E-state index contributed by atoms with van der Waals surface area (Å²) in [5.41, 5.74) is 5.49. The molecular weight excluding hydrogens is 488 g/mol. The van der Waals surface area contributed by atoms with Gasteiger partial charge in [-0.15, -0.1) is 11.3 Å². The Labute approximate surface area is 196 Å². The van der Waals surface area contributed by atoms with E-state index in [2.05, 4.69) is 32.4 Å². The molecule has 1 N–H and O–H groups in total. The van der Waals surface area contributed by atoms with Gasteiger partial charge in [-0.1, -0.05) is 46.3 Å². The fourth-order valence-electron chi connectivity index (χ4n) is 2.88. The van der Waals surface area contributed by atoms with Gasteiger partial charge in [-0.05, 0) is 48.5 Å². The number of nitrogens with one attached hydrogen (secondary N) is 1. The number of aromatic nitrogens is 1. The van der Waals surface area contributed by atoms with Gasteiger partial charge in [0.15, 0.2) is 0 Å². The van der Waals surface area contributed by atoms with E-state index in [1.54, 1.807) is 78.2 Å². The van der Waals surface area contributed by atoms with E-state index < -0.39 is 11.8 Å². The third-order valence-corrected chi connectivity index (χ3v) is 5.89. The molecule has 0 aliphatic rings. The first-order valence-corrected chi connectivity index (χ1v) is 11.1. The molecule has 0 bridgehead atoms. The van der Waals surface area contributed by atoms with Crippen LogP contribution in [0.2, 0.25) is 0 Å². The highest BCUT2D eigenvalue weighted by atomic mass is 79.9. The molecule has 0 radical (unpaired) electrons. The number of hydrogen-bond donors (Lipinski definition) is 1. The van der Waals surface area contributed by atoms with Crippen molar-refractivity contribution in [1.29, 1.82) is 5.26 Å². The van der Waals surface area contributed by atoms with Crippen molar-refractivity contribution in [2.75, 3.05) is 5.01 Å². The maximum absolute atomic E-state index is 13.2. The molecule has 4 aromatic rings. The molecule has 0 saturated heterocycles. The zero-order valence-corrected chi connectivity index (χ0v) is 18.9. The number of hydrazine groups is 1. The summed E-state index contributed by atoms with van der Waals surface area (Å²) in [6.07, 6.45) is 0. The van der Waals surface area contributed by atoms with Crippen LogP contribution in [0, 0.1) is 11.3 Å². The molecule has 2 amide bonds. The fourth-order valence-corrected chi connectivity index (χ4v) is 3.93. The first-order valence-electron chi connectivity index (χ1n) is 9.47. The Morgan fingerprint density at radius 3 is 2.28 bits per heavy atom. The van der Waals surface area contributed by atoms with Gasteiger partial charge in [0.25, 0.3) is 11.8 Å². The van der Waals surface area contributed by atoms with Crippen LogP contribution in [0.1, 0.15) is 26.3 Å². The predicted molar refractivity (Wildman–Crippen MR) is 127 cm³/mol. The topological polar surface area (TPSA) is 86.1 Å². The number of rotatable bonds is 4. The average Bonchev–Trinajstić information content (AvgIpc) is 3.33. The Kier molecular flexibility index (Phi) is 6.40. The van der Waals surface area contributed by atoms with Crippen molar-refractivity contribution < 1.29 is 9.59 Å². The largest absolute Gasteiger partial charge is 0.279 e. The minimum atomic E-state index is -0.433. The number of amides is 2. The molecule has 32 heavy (non-hydrogen) atoms. The highest BCUT2D eigenvalue weighted by Crippen LogP contribution is 2.28. The molecular formula is C24H15BrN4O2S. The SMILES string of the molecule is N#Cc1ccc(-c2csc(N(NC(=O)c3ccc(Br)cc3)C(=O)c3ccccc3)n2)cc1. The van der Waals surface area contributed by atoms with Gasteiger partial charge in [0.05, 0.1) is 17.3 Å². The van der Waals surface area contributed by atoms with Crippen LogP contribution in [0.5, 0.6) is 0 Å². The summed E-state index contributed by atoms with van der Waals surface area (Å²) in [6, 6.07) is 24.6. The summed E-state index contributed by atoms with van der Waals surface area (Å²) >= 11 is 4.58. The maximum atomic E-state index is 13.2. The zero-order chi connectivity index (χ0) is 22.5. The van der Waals surface area contributed by atoms with Crippen molar-refractivity contribution in [1.82, 2.24) is 10.4 Å². The van der Waals surface area contributed by atoms with Gasteiger partial charge in [0.2, 0.25) is 5.13 Å². The molecule has 156 valence electrons. The Bertz CT molecular complexity index is 1300. The van der Waals surface area contributed by atoms with E-state index in [1.807, 2.05) is 6.07 Å². The summed E-state index contributed by atoms with van der Waals surface area (Å²) in [4.78, 5) is 30.6. The smallest absolute Gasteiger partial charge is 0.267 e. The van der Waals surface area contributed by atoms with Crippen LogP contribution in [0.3, 0.4) is 0 Å². The number of halogens is 1. The molecule has 1 heterocycles. The molecule has 1 aromatic heterocycles. The molecule has 8 heteroatoms. The normalized spacial score (nSPS) is 10.2. The first kappa shape index (κ1) is 21.4. The third kappa shape index (κ3) is 4.75. The fraction of sp³-hybridized carbons (Fsp3) is 0. The minimum absolute atomic E-state index is 0.323. The quantitative estimate of drug-likeness (QED) is 0.376. The Morgan fingerprint density at radius 1 is 0.938 bits per heavy atom. The second kappa shape index (κ2) is 9.56. The van der Waals surface area contributed by atoms with E-state index in [0.717, 1.165) is 15.0 Å². The molecule has 0 aliphatic heterocycles. The molecule has 0 unspecified atom stereocenters. The number of nitriles is 1. The number of carbonyl (C=O) groups excluding carboxylic acids is 2. The van der Waals surface area contributed by atoms with E-state index in [-0.39, 0.29) is 0 Å².